The predicted octanol–water partition coefficient (Wildman–Crippen LogP) is 2.21. The predicted molar refractivity (Wildman–Crippen MR) is 82.7 cm³/mol. The molecule has 0 unspecified atom stereocenters. The van der Waals surface area contributed by atoms with Crippen molar-refractivity contribution in [2.45, 2.75) is 19.4 Å². The zero-order valence-corrected chi connectivity index (χ0v) is 12.4. The first-order chi connectivity index (χ1) is 10.2. The van der Waals surface area contributed by atoms with Gasteiger partial charge < -0.3 is 4.90 Å². The van der Waals surface area contributed by atoms with E-state index in [1.807, 2.05) is 6.07 Å². The van der Waals surface area contributed by atoms with Gasteiger partial charge in [-0.15, -0.1) is 0 Å². The van der Waals surface area contributed by atoms with E-state index >= 15 is 0 Å². The van der Waals surface area contributed by atoms with Gasteiger partial charge in [0.25, 0.3) is 5.56 Å². The molecule has 5 nitrogen and oxygen atoms in total. The SMILES string of the molecule is O=c1ccncn1CC1CCN(c2ccncc2Cl)CC1. The zero-order chi connectivity index (χ0) is 14.7. The van der Waals surface area contributed by atoms with Crippen LogP contribution in [0.15, 0.2) is 41.8 Å². The Morgan fingerprint density at radius 2 is 1.95 bits per heavy atom. The molecule has 0 spiro atoms. The van der Waals surface area contributed by atoms with Crippen molar-refractivity contribution in [3.05, 3.63) is 52.4 Å². The number of hydrogen-bond donors (Lipinski definition) is 0. The lowest BCUT2D eigenvalue weighted by Gasteiger charge is -2.34. The molecule has 0 N–H and O–H groups in total. The number of nitrogens with zero attached hydrogens (tertiary/aromatic N) is 4. The van der Waals surface area contributed by atoms with Crippen molar-refractivity contribution in [1.29, 1.82) is 0 Å². The average Bonchev–Trinajstić information content (AvgIpc) is 2.51. The summed E-state index contributed by atoms with van der Waals surface area (Å²) in [4.78, 5) is 22.0. The highest BCUT2D eigenvalue weighted by Crippen LogP contribution is 2.28. The van der Waals surface area contributed by atoms with Gasteiger partial charge in [-0.1, -0.05) is 11.6 Å². The summed E-state index contributed by atoms with van der Waals surface area (Å²) in [7, 11) is 0. The van der Waals surface area contributed by atoms with Crippen LogP contribution in [0.4, 0.5) is 5.69 Å². The van der Waals surface area contributed by atoms with E-state index in [9.17, 15) is 4.79 Å². The summed E-state index contributed by atoms with van der Waals surface area (Å²) < 4.78 is 1.69. The van der Waals surface area contributed by atoms with Crippen molar-refractivity contribution >= 4 is 17.3 Å². The van der Waals surface area contributed by atoms with Gasteiger partial charge >= 0.3 is 0 Å². The molecule has 1 fully saturated rings. The molecule has 3 rings (SSSR count). The van der Waals surface area contributed by atoms with E-state index in [0.717, 1.165) is 38.2 Å². The lowest BCUT2D eigenvalue weighted by molar-refractivity contribution is 0.351. The number of anilines is 1. The molecular weight excluding hydrogens is 288 g/mol. The summed E-state index contributed by atoms with van der Waals surface area (Å²) in [5.74, 6) is 0.503. The molecule has 1 saturated heterocycles. The Bertz CT molecular complexity index is 664. The molecule has 0 amide bonds. The van der Waals surface area contributed by atoms with Crippen LogP contribution in [0.25, 0.3) is 0 Å². The van der Waals surface area contributed by atoms with Gasteiger partial charge in [-0.3, -0.25) is 14.3 Å². The van der Waals surface area contributed by atoms with Crippen molar-refractivity contribution in [3.63, 3.8) is 0 Å². The van der Waals surface area contributed by atoms with E-state index in [1.165, 1.54) is 12.3 Å². The molecule has 2 aromatic rings. The highest BCUT2D eigenvalue weighted by atomic mass is 35.5. The van der Waals surface area contributed by atoms with Crippen molar-refractivity contribution in [2.24, 2.45) is 5.92 Å². The number of aromatic nitrogens is 3. The number of halogens is 1. The lowest BCUT2D eigenvalue weighted by Crippen LogP contribution is -2.36. The highest BCUT2D eigenvalue weighted by Gasteiger charge is 2.21. The summed E-state index contributed by atoms with van der Waals surface area (Å²) in [5.41, 5.74) is 1.06. The normalized spacial score (nSPS) is 16.1. The third kappa shape index (κ3) is 3.24. The summed E-state index contributed by atoms with van der Waals surface area (Å²) in [5, 5.41) is 0.694. The van der Waals surface area contributed by atoms with E-state index < -0.39 is 0 Å². The van der Waals surface area contributed by atoms with Crippen molar-refractivity contribution in [2.75, 3.05) is 18.0 Å². The number of hydrogen-bond acceptors (Lipinski definition) is 4. The summed E-state index contributed by atoms with van der Waals surface area (Å²) in [6, 6.07) is 3.46. The average molecular weight is 305 g/mol. The second-order valence-electron chi connectivity index (χ2n) is 5.33. The third-order valence-electron chi connectivity index (χ3n) is 3.95. The van der Waals surface area contributed by atoms with Gasteiger partial charge in [0.1, 0.15) is 0 Å². The molecule has 0 atom stereocenters. The van der Waals surface area contributed by atoms with Crippen LogP contribution in [0.2, 0.25) is 5.02 Å². The van der Waals surface area contributed by atoms with Crippen LogP contribution in [0.3, 0.4) is 0 Å². The molecule has 0 bridgehead atoms. The van der Waals surface area contributed by atoms with Gasteiger partial charge in [0.05, 0.1) is 17.0 Å². The Hall–Kier alpha value is -1.88. The minimum atomic E-state index is 0.0182. The number of pyridine rings is 1. The molecule has 0 aliphatic carbocycles. The second kappa shape index (κ2) is 6.26. The van der Waals surface area contributed by atoms with Gasteiger partial charge in [0.15, 0.2) is 0 Å². The summed E-state index contributed by atoms with van der Waals surface area (Å²) in [6.07, 6.45) is 8.68. The second-order valence-corrected chi connectivity index (χ2v) is 5.74. The molecule has 6 heteroatoms. The van der Waals surface area contributed by atoms with Crippen molar-refractivity contribution < 1.29 is 0 Å². The molecule has 2 aromatic heterocycles. The Balaban J connectivity index is 1.62. The topological polar surface area (TPSA) is 51.0 Å². The van der Waals surface area contributed by atoms with Crippen LogP contribution in [-0.4, -0.2) is 27.6 Å². The third-order valence-corrected chi connectivity index (χ3v) is 4.24. The van der Waals surface area contributed by atoms with Crippen LogP contribution in [0.1, 0.15) is 12.8 Å². The first-order valence-corrected chi connectivity index (χ1v) is 7.47. The first kappa shape index (κ1) is 14.1. The smallest absolute Gasteiger partial charge is 0.253 e. The van der Waals surface area contributed by atoms with Crippen LogP contribution < -0.4 is 10.5 Å². The van der Waals surface area contributed by atoms with E-state index in [-0.39, 0.29) is 5.56 Å². The fraction of sp³-hybridized carbons (Fsp3) is 0.400. The fourth-order valence-electron chi connectivity index (χ4n) is 2.77. The Kier molecular flexibility index (Phi) is 4.20. The lowest BCUT2D eigenvalue weighted by atomic mass is 9.96. The minimum Gasteiger partial charge on any atom is -0.370 e. The number of piperidine rings is 1. The molecule has 0 saturated carbocycles. The molecule has 3 heterocycles. The van der Waals surface area contributed by atoms with Gasteiger partial charge in [-0.25, -0.2) is 4.98 Å². The maximum atomic E-state index is 11.7. The van der Waals surface area contributed by atoms with E-state index in [1.54, 1.807) is 23.3 Å². The van der Waals surface area contributed by atoms with E-state index in [4.69, 9.17) is 11.6 Å². The monoisotopic (exact) mass is 304 g/mol. The molecule has 110 valence electrons. The Morgan fingerprint density at radius 1 is 1.19 bits per heavy atom. The first-order valence-electron chi connectivity index (χ1n) is 7.09. The van der Waals surface area contributed by atoms with Gasteiger partial charge in [-0.2, -0.15) is 0 Å². The van der Waals surface area contributed by atoms with Crippen LogP contribution in [-0.2, 0) is 6.54 Å². The van der Waals surface area contributed by atoms with Gasteiger partial charge in [0.2, 0.25) is 0 Å². The molecule has 1 aliphatic heterocycles. The standard InChI is InChI=1S/C15H17ClN4O/c16-13-9-17-5-1-14(13)19-7-3-12(4-8-19)10-20-11-18-6-2-15(20)21/h1-2,5-6,9,11-12H,3-4,7-8,10H2. The van der Waals surface area contributed by atoms with Crippen LogP contribution in [0, 0.1) is 5.92 Å². The van der Waals surface area contributed by atoms with Gasteiger partial charge in [-0.05, 0) is 24.8 Å². The zero-order valence-electron chi connectivity index (χ0n) is 11.7. The van der Waals surface area contributed by atoms with Crippen molar-refractivity contribution in [3.8, 4) is 0 Å². The minimum absolute atomic E-state index is 0.0182. The molecule has 0 radical (unpaired) electrons. The quantitative estimate of drug-likeness (QED) is 0.872. The molecule has 0 aromatic carbocycles. The summed E-state index contributed by atoms with van der Waals surface area (Å²) >= 11 is 6.19. The maximum Gasteiger partial charge on any atom is 0.253 e. The summed E-state index contributed by atoms with van der Waals surface area (Å²) in [6.45, 7) is 2.64. The van der Waals surface area contributed by atoms with Crippen LogP contribution in [0.5, 0.6) is 0 Å². The highest BCUT2D eigenvalue weighted by molar-refractivity contribution is 6.33. The maximum absolute atomic E-state index is 11.7. The fourth-order valence-corrected chi connectivity index (χ4v) is 3.01. The Morgan fingerprint density at radius 3 is 2.67 bits per heavy atom. The molecule has 21 heavy (non-hydrogen) atoms. The Labute approximate surface area is 128 Å². The van der Waals surface area contributed by atoms with Gasteiger partial charge in [0, 0.05) is 44.3 Å². The molecular formula is C15H17ClN4O. The van der Waals surface area contributed by atoms with Crippen LogP contribution >= 0.6 is 11.6 Å². The van der Waals surface area contributed by atoms with E-state index in [2.05, 4.69) is 14.9 Å². The largest absolute Gasteiger partial charge is 0.370 e. The van der Waals surface area contributed by atoms with Crippen molar-refractivity contribution in [1.82, 2.24) is 14.5 Å². The van der Waals surface area contributed by atoms with E-state index in [0.29, 0.717) is 10.9 Å². The number of rotatable bonds is 3. The molecule has 1 aliphatic rings.